The Labute approximate surface area is 110 Å². The van der Waals surface area contributed by atoms with Gasteiger partial charge in [0, 0.05) is 0 Å². The number of hydrogen-bond donors (Lipinski definition) is 1. The van der Waals surface area contributed by atoms with Gasteiger partial charge in [-0.05, 0) is 40.6 Å². The molecule has 0 aliphatic heterocycles. The molecule has 0 spiro atoms. The zero-order valence-electron chi connectivity index (χ0n) is 11.6. The summed E-state index contributed by atoms with van der Waals surface area (Å²) in [5.41, 5.74) is 7.62. The molecule has 0 radical (unpaired) electrons. The van der Waals surface area contributed by atoms with Crippen molar-refractivity contribution in [2.24, 2.45) is 17.1 Å². The van der Waals surface area contributed by atoms with E-state index in [2.05, 4.69) is 63.2 Å². The van der Waals surface area contributed by atoms with Crippen molar-refractivity contribution < 1.29 is 0 Å². The van der Waals surface area contributed by atoms with Crippen LogP contribution in [0.2, 0.25) is 0 Å². The van der Waals surface area contributed by atoms with Crippen molar-refractivity contribution in [2.75, 3.05) is 6.54 Å². The molecule has 0 amide bonds. The average molecular weight is 241 g/mol. The number of hydrogen-bond acceptors (Lipinski definition) is 1. The summed E-state index contributed by atoms with van der Waals surface area (Å²) in [7, 11) is 0. The number of rotatable bonds is 3. The molecular weight excluding hydrogens is 218 g/mol. The monoisotopic (exact) mass is 241 g/mol. The van der Waals surface area contributed by atoms with Crippen LogP contribution in [0, 0.1) is 11.3 Å². The average Bonchev–Trinajstić information content (AvgIpc) is 2.34. The maximum Gasteiger partial charge on any atom is -0.00407 e. The van der Waals surface area contributed by atoms with Crippen molar-refractivity contribution in [3.63, 3.8) is 0 Å². The quantitative estimate of drug-likeness (QED) is 0.863. The SMILES string of the molecule is CC(C)(C)C(CN)Cc1cccc2ccccc12. The summed E-state index contributed by atoms with van der Waals surface area (Å²) in [6.07, 6.45) is 1.06. The molecule has 0 saturated heterocycles. The molecular formula is C17H23N. The predicted molar refractivity (Wildman–Crippen MR) is 79.7 cm³/mol. The maximum absolute atomic E-state index is 5.95. The Morgan fingerprint density at radius 1 is 1.00 bits per heavy atom. The lowest BCUT2D eigenvalue weighted by Gasteiger charge is -2.30. The normalized spacial score (nSPS) is 13.8. The highest BCUT2D eigenvalue weighted by atomic mass is 14.6. The van der Waals surface area contributed by atoms with E-state index in [0.717, 1.165) is 13.0 Å². The predicted octanol–water partition coefficient (Wildman–Crippen LogP) is 4.00. The van der Waals surface area contributed by atoms with Crippen LogP contribution in [0.4, 0.5) is 0 Å². The number of nitrogens with two attached hydrogens (primary N) is 1. The van der Waals surface area contributed by atoms with Crippen LogP contribution in [0.3, 0.4) is 0 Å². The fourth-order valence-electron chi connectivity index (χ4n) is 2.48. The molecule has 1 heteroatoms. The van der Waals surface area contributed by atoms with E-state index in [1.54, 1.807) is 0 Å². The lowest BCUT2D eigenvalue weighted by Crippen LogP contribution is -2.30. The first-order valence-electron chi connectivity index (χ1n) is 6.69. The van der Waals surface area contributed by atoms with Crippen LogP contribution in [-0.2, 0) is 6.42 Å². The van der Waals surface area contributed by atoms with E-state index in [0.29, 0.717) is 5.92 Å². The molecule has 1 nitrogen and oxygen atoms in total. The summed E-state index contributed by atoms with van der Waals surface area (Å²) in [4.78, 5) is 0. The van der Waals surface area contributed by atoms with Crippen LogP contribution in [-0.4, -0.2) is 6.54 Å². The van der Waals surface area contributed by atoms with Gasteiger partial charge in [-0.1, -0.05) is 63.2 Å². The minimum absolute atomic E-state index is 0.256. The second-order valence-corrected chi connectivity index (χ2v) is 6.14. The van der Waals surface area contributed by atoms with Gasteiger partial charge >= 0.3 is 0 Å². The maximum atomic E-state index is 5.95. The molecule has 0 fully saturated rings. The molecule has 1 unspecified atom stereocenters. The summed E-state index contributed by atoms with van der Waals surface area (Å²) in [6, 6.07) is 15.1. The summed E-state index contributed by atoms with van der Waals surface area (Å²) in [5, 5.41) is 2.68. The molecule has 1 atom stereocenters. The van der Waals surface area contributed by atoms with Gasteiger partial charge in [-0.3, -0.25) is 0 Å². The highest BCUT2D eigenvalue weighted by Gasteiger charge is 2.23. The van der Waals surface area contributed by atoms with Gasteiger partial charge in [0.1, 0.15) is 0 Å². The number of benzene rings is 2. The van der Waals surface area contributed by atoms with E-state index in [1.807, 2.05) is 0 Å². The van der Waals surface area contributed by atoms with E-state index in [9.17, 15) is 0 Å². The molecule has 2 aromatic carbocycles. The smallest absolute Gasteiger partial charge is 0.00407 e. The molecule has 0 aliphatic carbocycles. The summed E-state index contributed by atoms with van der Waals surface area (Å²) in [5.74, 6) is 0.517. The van der Waals surface area contributed by atoms with Gasteiger partial charge in [0.2, 0.25) is 0 Å². The van der Waals surface area contributed by atoms with E-state index >= 15 is 0 Å². The molecule has 2 rings (SSSR count). The van der Waals surface area contributed by atoms with Crippen LogP contribution >= 0.6 is 0 Å². The van der Waals surface area contributed by atoms with Crippen LogP contribution in [0.25, 0.3) is 10.8 Å². The minimum atomic E-state index is 0.256. The second-order valence-electron chi connectivity index (χ2n) is 6.14. The standard InChI is InChI=1S/C17H23N/c1-17(2,3)15(12-18)11-14-9-6-8-13-7-4-5-10-16(13)14/h4-10,15H,11-12,18H2,1-3H3. The molecule has 0 heterocycles. The molecule has 0 bridgehead atoms. The van der Waals surface area contributed by atoms with Crippen LogP contribution < -0.4 is 5.73 Å². The molecule has 0 aromatic heterocycles. The molecule has 96 valence electrons. The molecule has 2 aromatic rings. The van der Waals surface area contributed by atoms with Gasteiger partial charge in [-0.15, -0.1) is 0 Å². The van der Waals surface area contributed by atoms with Gasteiger partial charge in [0.25, 0.3) is 0 Å². The van der Waals surface area contributed by atoms with Gasteiger partial charge < -0.3 is 5.73 Å². The van der Waals surface area contributed by atoms with Crippen LogP contribution in [0.1, 0.15) is 26.3 Å². The van der Waals surface area contributed by atoms with Crippen LogP contribution in [0.15, 0.2) is 42.5 Å². The molecule has 2 N–H and O–H groups in total. The Kier molecular flexibility index (Phi) is 3.72. The van der Waals surface area contributed by atoms with Crippen molar-refractivity contribution in [3.05, 3.63) is 48.0 Å². The first-order valence-corrected chi connectivity index (χ1v) is 6.69. The van der Waals surface area contributed by atoms with E-state index in [-0.39, 0.29) is 5.41 Å². The third-order valence-corrected chi connectivity index (χ3v) is 3.86. The fraction of sp³-hybridized carbons (Fsp3) is 0.412. The third kappa shape index (κ3) is 2.73. The molecule has 18 heavy (non-hydrogen) atoms. The first kappa shape index (κ1) is 13.1. The highest BCUT2D eigenvalue weighted by molar-refractivity contribution is 5.85. The van der Waals surface area contributed by atoms with Gasteiger partial charge in [-0.25, -0.2) is 0 Å². The Morgan fingerprint density at radius 2 is 1.67 bits per heavy atom. The largest absolute Gasteiger partial charge is 0.330 e. The van der Waals surface area contributed by atoms with Gasteiger partial charge in [-0.2, -0.15) is 0 Å². The zero-order chi connectivity index (χ0) is 13.2. The Bertz CT molecular complexity index is 517. The molecule has 0 aliphatic rings. The van der Waals surface area contributed by atoms with Crippen molar-refractivity contribution >= 4 is 10.8 Å². The van der Waals surface area contributed by atoms with Gasteiger partial charge in [0.05, 0.1) is 0 Å². The lowest BCUT2D eigenvalue weighted by atomic mass is 9.77. The first-order chi connectivity index (χ1) is 8.52. The van der Waals surface area contributed by atoms with E-state index in [1.165, 1.54) is 16.3 Å². The lowest BCUT2D eigenvalue weighted by molar-refractivity contribution is 0.246. The van der Waals surface area contributed by atoms with Crippen molar-refractivity contribution in [1.29, 1.82) is 0 Å². The Balaban J connectivity index is 2.37. The Morgan fingerprint density at radius 3 is 2.33 bits per heavy atom. The highest BCUT2D eigenvalue weighted by Crippen LogP contribution is 2.30. The summed E-state index contributed by atoms with van der Waals surface area (Å²) < 4.78 is 0. The topological polar surface area (TPSA) is 26.0 Å². The number of fused-ring (bicyclic) bond motifs is 1. The van der Waals surface area contributed by atoms with E-state index in [4.69, 9.17) is 5.73 Å². The molecule has 0 saturated carbocycles. The van der Waals surface area contributed by atoms with Crippen molar-refractivity contribution in [2.45, 2.75) is 27.2 Å². The van der Waals surface area contributed by atoms with Crippen molar-refractivity contribution in [1.82, 2.24) is 0 Å². The fourth-order valence-corrected chi connectivity index (χ4v) is 2.48. The zero-order valence-corrected chi connectivity index (χ0v) is 11.6. The van der Waals surface area contributed by atoms with E-state index < -0.39 is 0 Å². The Hall–Kier alpha value is -1.34. The summed E-state index contributed by atoms with van der Waals surface area (Å²) in [6.45, 7) is 7.56. The minimum Gasteiger partial charge on any atom is -0.330 e. The van der Waals surface area contributed by atoms with Crippen LogP contribution in [0.5, 0.6) is 0 Å². The summed E-state index contributed by atoms with van der Waals surface area (Å²) >= 11 is 0. The van der Waals surface area contributed by atoms with Crippen molar-refractivity contribution in [3.8, 4) is 0 Å². The second kappa shape index (κ2) is 5.11. The third-order valence-electron chi connectivity index (χ3n) is 3.86. The van der Waals surface area contributed by atoms with Gasteiger partial charge in [0.15, 0.2) is 0 Å².